The van der Waals surface area contributed by atoms with Crippen molar-refractivity contribution in [3.63, 3.8) is 0 Å². The Morgan fingerprint density at radius 1 is 1.26 bits per heavy atom. The number of carbonyl (C=O) groups is 1. The number of esters is 1. The Bertz CT molecular complexity index is 1110. The van der Waals surface area contributed by atoms with E-state index in [2.05, 4.69) is 54.8 Å². The molecule has 4 rings (SSSR count). The van der Waals surface area contributed by atoms with Crippen molar-refractivity contribution in [3.05, 3.63) is 51.4 Å². The fourth-order valence-corrected chi connectivity index (χ4v) is 6.14. The summed E-state index contributed by atoms with van der Waals surface area (Å²) in [5, 5.41) is 0. The molecular formula is C25H33BrN4O3S. The number of anilines is 1. The molecule has 0 bridgehead atoms. The maximum absolute atomic E-state index is 13.1. The van der Waals surface area contributed by atoms with Crippen LogP contribution in [-0.2, 0) is 22.1 Å². The van der Waals surface area contributed by atoms with Gasteiger partial charge in [-0.15, -0.1) is 0 Å². The Kier molecular flexibility index (Phi) is 7.18. The minimum atomic E-state index is -1.18. The number of carbonyl (C=O) groups excluding carboxylic acids is 1. The van der Waals surface area contributed by atoms with E-state index in [0.29, 0.717) is 10.4 Å². The van der Waals surface area contributed by atoms with E-state index in [1.165, 1.54) is 11.1 Å². The SMILES string of the molecule is CCOC(=O)c1nc(Br)c(C)nc1N1CCC2(CC1)Cc1ccccc1C2N[S@@](=O)C(C)(C)C. The van der Waals surface area contributed by atoms with Crippen molar-refractivity contribution in [3.8, 4) is 0 Å². The van der Waals surface area contributed by atoms with Crippen molar-refractivity contribution in [1.29, 1.82) is 0 Å². The van der Waals surface area contributed by atoms with Crippen LogP contribution in [0.2, 0.25) is 0 Å². The van der Waals surface area contributed by atoms with Crippen molar-refractivity contribution in [2.24, 2.45) is 5.41 Å². The first-order valence-corrected chi connectivity index (χ1v) is 13.7. The molecule has 9 heteroatoms. The summed E-state index contributed by atoms with van der Waals surface area (Å²) in [6, 6.07) is 8.52. The standard InChI is InChI=1S/C25H33BrN4O3S/c1-6-33-23(31)19-22(27-16(2)21(26)28-19)30-13-11-25(12-14-30)15-17-9-7-8-10-18(17)20(25)29-34(32)24(3,4)5/h7-10,20,29H,6,11-15H2,1-5H3/t20?,34-/m0/s1. The molecule has 184 valence electrons. The second-order valence-corrected chi connectivity index (χ2v) is 12.9. The highest BCUT2D eigenvalue weighted by Gasteiger charge is 2.49. The highest BCUT2D eigenvalue weighted by molar-refractivity contribution is 9.10. The maximum Gasteiger partial charge on any atom is 0.360 e. The van der Waals surface area contributed by atoms with Crippen LogP contribution in [0.15, 0.2) is 28.9 Å². The van der Waals surface area contributed by atoms with Gasteiger partial charge in [0.1, 0.15) is 4.60 Å². The molecule has 1 aromatic heterocycles. The number of aryl methyl sites for hydroxylation is 1. The first kappa shape index (κ1) is 25.3. The lowest BCUT2D eigenvalue weighted by atomic mass is 9.73. The van der Waals surface area contributed by atoms with Crippen molar-refractivity contribution in [1.82, 2.24) is 14.7 Å². The third-order valence-corrected chi connectivity index (χ3v) is 9.14. The summed E-state index contributed by atoms with van der Waals surface area (Å²) in [6.45, 7) is 11.4. The van der Waals surface area contributed by atoms with Crippen LogP contribution in [0.5, 0.6) is 0 Å². The molecule has 34 heavy (non-hydrogen) atoms. The zero-order valence-electron chi connectivity index (χ0n) is 20.5. The number of fused-ring (bicyclic) bond motifs is 1. The second-order valence-electron chi connectivity index (χ2n) is 10.1. The molecule has 0 amide bonds. The molecule has 0 saturated carbocycles. The first-order valence-electron chi connectivity index (χ1n) is 11.8. The van der Waals surface area contributed by atoms with Crippen LogP contribution in [-0.4, -0.2) is 44.6 Å². The molecule has 2 aromatic rings. The van der Waals surface area contributed by atoms with Gasteiger partial charge in [-0.25, -0.2) is 23.7 Å². The van der Waals surface area contributed by atoms with Crippen LogP contribution < -0.4 is 9.62 Å². The van der Waals surface area contributed by atoms with Gasteiger partial charge in [0.15, 0.2) is 11.5 Å². The average molecular weight is 550 g/mol. The van der Waals surface area contributed by atoms with Gasteiger partial charge in [-0.1, -0.05) is 24.3 Å². The van der Waals surface area contributed by atoms with Crippen LogP contribution in [0.3, 0.4) is 0 Å². The lowest BCUT2D eigenvalue weighted by Gasteiger charge is -2.44. The van der Waals surface area contributed by atoms with Gasteiger partial charge in [0.25, 0.3) is 0 Å². The van der Waals surface area contributed by atoms with Gasteiger partial charge in [0, 0.05) is 13.1 Å². The molecule has 1 unspecified atom stereocenters. The first-order chi connectivity index (χ1) is 16.1. The Labute approximate surface area is 212 Å². The predicted octanol–water partition coefficient (Wildman–Crippen LogP) is 4.66. The third kappa shape index (κ3) is 4.79. The highest BCUT2D eigenvalue weighted by Crippen LogP contribution is 2.52. The second kappa shape index (κ2) is 9.66. The molecule has 7 nitrogen and oxygen atoms in total. The van der Waals surface area contributed by atoms with Gasteiger partial charge in [0.05, 0.1) is 34.1 Å². The topological polar surface area (TPSA) is 84.4 Å². The van der Waals surface area contributed by atoms with Crippen molar-refractivity contribution < 1.29 is 13.7 Å². The molecule has 1 saturated heterocycles. The summed E-state index contributed by atoms with van der Waals surface area (Å²) < 4.78 is 22.1. The maximum atomic E-state index is 13.1. The Morgan fingerprint density at radius 3 is 2.59 bits per heavy atom. The third-order valence-electron chi connectivity index (χ3n) is 6.82. The van der Waals surface area contributed by atoms with Gasteiger partial charge < -0.3 is 9.64 Å². The summed E-state index contributed by atoms with van der Waals surface area (Å²) in [6.07, 6.45) is 2.73. The molecule has 0 radical (unpaired) electrons. The monoisotopic (exact) mass is 548 g/mol. The van der Waals surface area contributed by atoms with E-state index >= 15 is 0 Å². The Morgan fingerprint density at radius 2 is 1.94 bits per heavy atom. The molecule has 1 spiro atoms. The number of rotatable bonds is 5. The molecule has 1 N–H and O–H groups in total. The minimum absolute atomic E-state index is 0.0215. The van der Waals surface area contributed by atoms with E-state index < -0.39 is 17.0 Å². The zero-order valence-corrected chi connectivity index (χ0v) is 22.9. The molecular weight excluding hydrogens is 516 g/mol. The van der Waals surface area contributed by atoms with Crippen molar-refractivity contribution in [2.45, 2.75) is 64.7 Å². The summed E-state index contributed by atoms with van der Waals surface area (Å²) in [4.78, 5) is 23.9. The molecule has 1 aromatic carbocycles. The van der Waals surface area contributed by atoms with E-state index in [-0.39, 0.29) is 28.5 Å². The normalized spacial score (nSPS) is 20.3. The van der Waals surface area contributed by atoms with Crippen LogP contribution in [0, 0.1) is 12.3 Å². The highest BCUT2D eigenvalue weighted by atomic mass is 79.9. The molecule has 1 fully saturated rings. The summed E-state index contributed by atoms with van der Waals surface area (Å²) in [7, 11) is -1.18. The van der Waals surface area contributed by atoms with Crippen LogP contribution in [0.25, 0.3) is 0 Å². The fraction of sp³-hybridized carbons (Fsp3) is 0.560. The number of ether oxygens (including phenoxy) is 1. The summed E-state index contributed by atoms with van der Waals surface area (Å²) >= 11 is 3.40. The number of aromatic nitrogens is 2. The van der Waals surface area contributed by atoms with Gasteiger partial charge in [-0.2, -0.15) is 0 Å². The molecule has 2 atom stereocenters. The smallest absolute Gasteiger partial charge is 0.360 e. The average Bonchev–Trinajstić information content (AvgIpc) is 3.08. The minimum Gasteiger partial charge on any atom is -0.461 e. The largest absolute Gasteiger partial charge is 0.461 e. The molecule has 1 aliphatic heterocycles. The van der Waals surface area contributed by atoms with E-state index in [9.17, 15) is 9.00 Å². The number of piperidine rings is 1. The van der Waals surface area contributed by atoms with Gasteiger partial charge in [-0.05, 0) is 86.4 Å². The van der Waals surface area contributed by atoms with E-state index in [1.54, 1.807) is 6.92 Å². The summed E-state index contributed by atoms with van der Waals surface area (Å²) in [5.74, 6) is 0.117. The summed E-state index contributed by atoms with van der Waals surface area (Å²) in [5.41, 5.74) is 3.51. The van der Waals surface area contributed by atoms with Gasteiger partial charge >= 0.3 is 5.97 Å². The number of hydrogen-bond donors (Lipinski definition) is 1. The number of halogens is 1. The number of hydrogen-bond acceptors (Lipinski definition) is 6. The van der Waals surface area contributed by atoms with Crippen LogP contribution in [0.4, 0.5) is 5.82 Å². The number of nitrogens with one attached hydrogen (secondary N) is 1. The van der Waals surface area contributed by atoms with Crippen molar-refractivity contribution >= 4 is 38.7 Å². The lowest BCUT2D eigenvalue weighted by Crippen LogP contribution is -2.48. The number of nitrogens with zero attached hydrogens (tertiary/aromatic N) is 3. The predicted molar refractivity (Wildman–Crippen MR) is 138 cm³/mol. The van der Waals surface area contributed by atoms with Crippen molar-refractivity contribution in [2.75, 3.05) is 24.6 Å². The molecule has 2 heterocycles. The van der Waals surface area contributed by atoms with Gasteiger partial charge in [0.2, 0.25) is 0 Å². The Hall–Kier alpha value is -1.84. The Balaban J connectivity index is 1.62. The lowest BCUT2D eigenvalue weighted by molar-refractivity contribution is 0.0519. The van der Waals surface area contributed by atoms with Crippen LogP contribution >= 0.6 is 15.9 Å². The quantitative estimate of drug-likeness (QED) is 0.547. The van der Waals surface area contributed by atoms with Gasteiger partial charge in [-0.3, -0.25) is 0 Å². The number of benzene rings is 1. The molecule has 2 aliphatic rings. The van der Waals surface area contributed by atoms with Crippen LogP contribution in [0.1, 0.15) is 73.9 Å². The van der Waals surface area contributed by atoms with E-state index in [4.69, 9.17) is 9.72 Å². The zero-order chi connectivity index (χ0) is 24.7. The van der Waals surface area contributed by atoms with E-state index in [0.717, 1.165) is 38.0 Å². The fourth-order valence-electron chi connectivity index (χ4n) is 4.93. The molecule has 1 aliphatic carbocycles. The van der Waals surface area contributed by atoms with E-state index in [1.807, 2.05) is 27.7 Å².